The van der Waals surface area contributed by atoms with Crippen molar-refractivity contribution in [2.75, 3.05) is 4.90 Å². The number of carbonyl (C=O) groups excluding carboxylic acids is 3. The van der Waals surface area contributed by atoms with Crippen molar-refractivity contribution in [3.63, 3.8) is 0 Å². The van der Waals surface area contributed by atoms with Crippen LogP contribution in [0.15, 0.2) is 78.9 Å². The van der Waals surface area contributed by atoms with E-state index in [4.69, 9.17) is 0 Å². The minimum Gasteiger partial charge on any atom is -0.322 e. The van der Waals surface area contributed by atoms with Gasteiger partial charge < -0.3 is 4.90 Å². The summed E-state index contributed by atoms with van der Waals surface area (Å²) in [5.74, 6) is -2.18. The molecular weight excluding hydrogens is 395 g/mol. The van der Waals surface area contributed by atoms with E-state index in [1.54, 1.807) is 18.2 Å². The summed E-state index contributed by atoms with van der Waals surface area (Å²) in [7, 11) is 0. The highest BCUT2D eigenvalue weighted by Gasteiger charge is 2.44. The van der Waals surface area contributed by atoms with Gasteiger partial charge in [0.05, 0.1) is 17.7 Å². The molecule has 1 heterocycles. The number of aryl methyl sites for hydroxylation is 1. The highest BCUT2D eigenvalue weighted by Crippen LogP contribution is 2.28. The van der Waals surface area contributed by atoms with Crippen molar-refractivity contribution < 1.29 is 18.8 Å². The second-order valence-electron chi connectivity index (χ2n) is 7.52. The monoisotopic (exact) mass is 416 g/mol. The molecule has 1 atom stereocenters. The zero-order valence-electron chi connectivity index (χ0n) is 17.0. The fourth-order valence-corrected chi connectivity index (χ4v) is 3.72. The molecule has 4 rings (SSSR count). The molecule has 0 aliphatic carbocycles. The molecule has 3 aromatic carbocycles. The minimum absolute atomic E-state index is 0.0828. The Kier molecular flexibility index (Phi) is 5.62. The number of amides is 3. The quantitative estimate of drug-likeness (QED) is 0.588. The third-order valence-corrected chi connectivity index (χ3v) is 5.35. The Hall–Kier alpha value is -3.80. The first-order valence-electron chi connectivity index (χ1n) is 9.98. The molecule has 3 aromatic rings. The summed E-state index contributed by atoms with van der Waals surface area (Å²) in [6, 6.07) is 20.8. The third-order valence-electron chi connectivity index (χ3n) is 5.35. The van der Waals surface area contributed by atoms with Crippen molar-refractivity contribution in [1.82, 2.24) is 4.90 Å². The van der Waals surface area contributed by atoms with Gasteiger partial charge in [-0.25, -0.2) is 9.29 Å². The number of rotatable bonds is 5. The number of benzene rings is 3. The summed E-state index contributed by atoms with van der Waals surface area (Å²) in [5.41, 5.74) is 2.11. The van der Waals surface area contributed by atoms with E-state index in [1.165, 1.54) is 23.1 Å². The lowest BCUT2D eigenvalue weighted by molar-refractivity contribution is -0.122. The van der Waals surface area contributed by atoms with Crippen molar-refractivity contribution >= 4 is 23.4 Å². The Morgan fingerprint density at radius 2 is 1.61 bits per heavy atom. The van der Waals surface area contributed by atoms with Gasteiger partial charge in [-0.1, -0.05) is 60.2 Å². The molecule has 156 valence electrons. The summed E-state index contributed by atoms with van der Waals surface area (Å²) in [6.45, 7) is 1.99. The van der Waals surface area contributed by atoms with Gasteiger partial charge in [0.15, 0.2) is 0 Å². The van der Waals surface area contributed by atoms with Crippen molar-refractivity contribution in [2.45, 2.75) is 25.9 Å². The van der Waals surface area contributed by atoms with Crippen LogP contribution in [0.3, 0.4) is 0 Å². The topological polar surface area (TPSA) is 57.7 Å². The van der Waals surface area contributed by atoms with E-state index in [9.17, 15) is 18.8 Å². The van der Waals surface area contributed by atoms with Crippen molar-refractivity contribution in [1.29, 1.82) is 0 Å². The molecule has 3 amide bonds. The zero-order valence-corrected chi connectivity index (χ0v) is 17.0. The maximum atomic E-state index is 14.4. The number of imide groups is 1. The standard InChI is InChI=1S/C25H21FN2O3/c1-17-11-13-19(14-12-17)28-23(29)15-22(25(28)31)27(16-18-7-3-2-4-8-18)24(30)20-9-5-6-10-21(20)26/h2-14,22H,15-16H2,1H3. The fourth-order valence-electron chi connectivity index (χ4n) is 3.72. The molecule has 0 spiro atoms. The van der Waals surface area contributed by atoms with Crippen LogP contribution in [0.5, 0.6) is 0 Å². The molecule has 1 aliphatic heterocycles. The van der Waals surface area contributed by atoms with Crippen LogP contribution in [0.25, 0.3) is 0 Å². The van der Waals surface area contributed by atoms with E-state index in [1.807, 2.05) is 49.4 Å². The van der Waals surface area contributed by atoms with E-state index in [0.29, 0.717) is 5.69 Å². The van der Waals surface area contributed by atoms with Crippen molar-refractivity contribution in [3.8, 4) is 0 Å². The highest BCUT2D eigenvalue weighted by atomic mass is 19.1. The van der Waals surface area contributed by atoms with E-state index >= 15 is 0 Å². The Morgan fingerprint density at radius 1 is 0.968 bits per heavy atom. The molecule has 0 N–H and O–H groups in total. The van der Waals surface area contributed by atoms with Crippen LogP contribution >= 0.6 is 0 Å². The van der Waals surface area contributed by atoms with E-state index in [-0.39, 0.29) is 18.5 Å². The van der Waals surface area contributed by atoms with Gasteiger partial charge in [0.1, 0.15) is 11.9 Å². The number of hydrogen-bond donors (Lipinski definition) is 0. The fraction of sp³-hybridized carbons (Fsp3) is 0.160. The molecule has 1 saturated heterocycles. The third kappa shape index (κ3) is 4.10. The van der Waals surface area contributed by atoms with Gasteiger partial charge in [0.2, 0.25) is 5.91 Å². The SMILES string of the molecule is Cc1ccc(N2C(=O)CC(N(Cc3ccccc3)C(=O)c3ccccc3F)C2=O)cc1. The molecule has 0 radical (unpaired) electrons. The molecule has 6 heteroatoms. The van der Waals surface area contributed by atoms with Crippen LogP contribution in [0.2, 0.25) is 0 Å². The summed E-state index contributed by atoms with van der Waals surface area (Å²) in [5, 5.41) is 0. The molecule has 5 nitrogen and oxygen atoms in total. The van der Waals surface area contributed by atoms with Gasteiger partial charge >= 0.3 is 0 Å². The average Bonchev–Trinajstić information content (AvgIpc) is 3.07. The molecule has 31 heavy (non-hydrogen) atoms. The molecule has 1 aliphatic rings. The lowest BCUT2D eigenvalue weighted by Crippen LogP contribution is -2.45. The van der Waals surface area contributed by atoms with Crippen LogP contribution in [0.4, 0.5) is 10.1 Å². The van der Waals surface area contributed by atoms with Crippen molar-refractivity contribution in [3.05, 3.63) is 101 Å². The van der Waals surface area contributed by atoms with E-state index in [2.05, 4.69) is 0 Å². The molecular formula is C25H21FN2O3. The average molecular weight is 416 g/mol. The molecule has 0 aromatic heterocycles. The number of carbonyl (C=O) groups is 3. The summed E-state index contributed by atoms with van der Waals surface area (Å²) >= 11 is 0. The van der Waals surface area contributed by atoms with Gasteiger partial charge in [-0.05, 0) is 36.8 Å². The molecule has 0 bridgehead atoms. The lowest BCUT2D eigenvalue weighted by atomic mass is 10.1. The normalized spacial score (nSPS) is 15.9. The molecule has 0 saturated carbocycles. The maximum absolute atomic E-state index is 14.4. The van der Waals surface area contributed by atoms with Crippen LogP contribution in [-0.2, 0) is 16.1 Å². The molecule has 1 fully saturated rings. The van der Waals surface area contributed by atoms with E-state index < -0.39 is 29.6 Å². The Balaban J connectivity index is 1.70. The summed E-state index contributed by atoms with van der Waals surface area (Å²) in [6.07, 6.45) is -0.153. The first-order valence-corrected chi connectivity index (χ1v) is 9.98. The molecule has 1 unspecified atom stereocenters. The Morgan fingerprint density at radius 3 is 2.29 bits per heavy atom. The second kappa shape index (κ2) is 8.52. The Bertz CT molecular complexity index is 1130. The highest BCUT2D eigenvalue weighted by molar-refractivity contribution is 6.23. The van der Waals surface area contributed by atoms with Gasteiger partial charge in [0.25, 0.3) is 11.8 Å². The largest absolute Gasteiger partial charge is 0.322 e. The number of nitrogens with zero attached hydrogens (tertiary/aromatic N) is 2. The maximum Gasteiger partial charge on any atom is 0.257 e. The van der Waals surface area contributed by atoms with Crippen LogP contribution in [0.1, 0.15) is 27.9 Å². The predicted molar refractivity (Wildman–Crippen MR) is 115 cm³/mol. The van der Waals surface area contributed by atoms with Crippen molar-refractivity contribution in [2.24, 2.45) is 0 Å². The first-order chi connectivity index (χ1) is 15.0. The van der Waals surface area contributed by atoms with Gasteiger partial charge in [-0.15, -0.1) is 0 Å². The van der Waals surface area contributed by atoms with Crippen LogP contribution in [-0.4, -0.2) is 28.7 Å². The number of anilines is 1. The van der Waals surface area contributed by atoms with Crippen LogP contribution in [0, 0.1) is 12.7 Å². The van der Waals surface area contributed by atoms with E-state index in [0.717, 1.165) is 16.0 Å². The Labute approximate surface area is 179 Å². The summed E-state index contributed by atoms with van der Waals surface area (Å²) < 4.78 is 14.4. The second-order valence-corrected chi connectivity index (χ2v) is 7.52. The van der Waals surface area contributed by atoms with Gasteiger partial charge in [0, 0.05) is 6.54 Å². The van der Waals surface area contributed by atoms with Gasteiger partial charge in [-0.2, -0.15) is 0 Å². The summed E-state index contributed by atoms with van der Waals surface area (Å²) in [4.78, 5) is 41.7. The number of hydrogen-bond acceptors (Lipinski definition) is 3. The van der Waals surface area contributed by atoms with Gasteiger partial charge in [-0.3, -0.25) is 14.4 Å². The lowest BCUT2D eigenvalue weighted by Gasteiger charge is -2.28. The predicted octanol–water partition coefficient (Wildman–Crippen LogP) is 4.11. The minimum atomic E-state index is -1.01. The number of halogens is 1. The van der Waals surface area contributed by atoms with Crippen LogP contribution < -0.4 is 4.90 Å². The zero-order chi connectivity index (χ0) is 22.0. The first kappa shape index (κ1) is 20.5. The smallest absolute Gasteiger partial charge is 0.257 e.